The quantitative estimate of drug-likeness (QED) is 0.159. The van der Waals surface area contributed by atoms with Crippen molar-refractivity contribution in [2.24, 2.45) is 5.92 Å². The number of hydrogen-bond donors (Lipinski definition) is 1. The smallest absolute Gasteiger partial charge is 0.491 e. The molecule has 0 atom stereocenters. The molecule has 1 fully saturated rings. The van der Waals surface area contributed by atoms with Crippen LogP contribution in [-0.2, 0) is 16.0 Å². The van der Waals surface area contributed by atoms with E-state index in [4.69, 9.17) is 14.5 Å². The number of fused-ring (bicyclic) bond motifs is 1. The van der Waals surface area contributed by atoms with E-state index < -0.39 is 24.0 Å². The molecule has 1 saturated carbocycles. The Labute approximate surface area is 263 Å². The van der Waals surface area contributed by atoms with Crippen molar-refractivity contribution >= 4 is 34.6 Å². The highest BCUT2D eigenvalue weighted by atomic mass is 19.4. The number of aryl methyl sites for hydroxylation is 1. The fourth-order valence-electron chi connectivity index (χ4n) is 5.77. The fraction of sp³-hybridized carbons (Fsp3) is 0.324. The van der Waals surface area contributed by atoms with E-state index in [0.29, 0.717) is 34.1 Å². The lowest BCUT2D eigenvalue weighted by molar-refractivity contribution is -0.193. The summed E-state index contributed by atoms with van der Waals surface area (Å²) in [7, 11) is 3.12. The second-order valence-electron chi connectivity index (χ2n) is 11.2. The van der Waals surface area contributed by atoms with Gasteiger partial charge in [-0.25, -0.2) is 19.6 Å². The molecule has 0 unspecified atom stereocenters. The van der Waals surface area contributed by atoms with Gasteiger partial charge in [-0.15, -0.1) is 0 Å². The SMILES string of the molecule is COc1cc(-c2nc(NC(=O)c3cc(C(=O)OC(=O)C(F)(F)F)c4ccccc4c3)ncc2CC2CCCCC2)c(OC)cc1C. The summed E-state index contributed by atoms with van der Waals surface area (Å²) in [5.41, 5.74) is 2.47. The molecule has 1 aromatic heterocycles. The topological polar surface area (TPSA) is 117 Å². The molecule has 1 amide bonds. The average molecular weight is 636 g/mol. The van der Waals surface area contributed by atoms with Gasteiger partial charge in [-0.3, -0.25) is 10.1 Å². The van der Waals surface area contributed by atoms with Crippen molar-refractivity contribution in [1.29, 1.82) is 0 Å². The number of anilines is 1. The number of ether oxygens (including phenoxy) is 3. The number of rotatable bonds is 8. The van der Waals surface area contributed by atoms with Gasteiger partial charge >= 0.3 is 18.1 Å². The minimum absolute atomic E-state index is 0.0430. The molecule has 46 heavy (non-hydrogen) atoms. The highest BCUT2D eigenvalue weighted by Gasteiger charge is 2.42. The molecule has 4 aromatic rings. The predicted octanol–water partition coefficient (Wildman–Crippen LogP) is 7.24. The Bertz CT molecular complexity index is 1800. The van der Waals surface area contributed by atoms with Crippen molar-refractivity contribution in [3.05, 3.63) is 77.0 Å². The average Bonchev–Trinajstić information content (AvgIpc) is 3.04. The van der Waals surface area contributed by atoms with Crippen LogP contribution in [0.5, 0.6) is 11.5 Å². The second kappa shape index (κ2) is 13.6. The highest BCUT2D eigenvalue weighted by Crippen LogP contribution is 2.38. The third-order valence-corrected chi connectivity index (χ3v) is 8.06. The van der Waals surface area contributed by atoms with Crippen molar-refractivity contribution in [3.8, 4) is 22.8 Å². The van der Waals surface area contributed by atoms with Gasteiger partial charge in [-0.2, -0.15) is 13.2 Å². The molecule has 1 heterocycles. The predicted molar refractivity (Wildman–Crippen MR) is 164 cm³/mol. The molecule has 1 N–H and O–H groups in total. The van der Waals surface area contributed by atoms with Crippen LogP contribution in [0.1, 0.15) is 63.9 Å². The Balaban J connectivity index is 1.52. The minimum Gasteiger partial charge on any atom is -0.496 e. The number of aromatic nitrogens is 2. The van der Waals surface area contributed by atoms with Gasteiger partial charge < -0.3 is 14.2 Å². The summed E-state index contributed by atoms with van der Waals surface area (Å²) in [5, 5.41) is 3.20. The van der Waals surface area contributed by atoms with E-state index in [-0.39, 0.29) is 22.5 Å². The number of methoxy groups -OCH3 is 2. The summed E-state index contributed by atoms with van der Waals surface area (Å²) < 4.78 is 53.7. The van der Waals surface area contributed by atoms with E-state index in [1.165, 1.54) is 18.6 Å². The Morgan fingerprint density at radius 2 is 1.67 bits per heavy atom. The standard InChI is InChI=1S/C34H32F3N3O6/c1-19-13-28(45-3)26(17-27(19)44-2)29-23(14-20-9-5-4-6-10-20)18-38-33(39-29)40-30(41)22-15-21-11-7-8-12-24(21)25(16-22)31(42)46-32(43)34(35,36)37/h7-8,11-13,15-18,20H,4-6,9-10,14H2,1-3H3,(H,38,39,40,41). The lowest BCUT2D eigenvalue weighted by atomic mass is 9.84. The Hall–Kier alpha value is -5.00. The zero-order valence-electron chi connectivity index (χ0n) is 25.5. The van der Waals surface area contributed by atoms with Crippen molar-refractivity contribution < 1.29 is 41.8 Å². The van der Waals surface area contributed by atoms with Gasteiger partial charge in [0.1, 0.15) is 11.5 Å². The van der Waals surface area contributed by atoms with Crippen LogP contribution >= 0.6 is 0 Å². The van der Waals surface area contributed by atoms with E-state index >= 15 is 0 Å². The van der Waals surface area contributed by atoms with E-state index in [9.17, 15) is 27.6 Å². The summed E-state index contributed by atoms with van der Waals surface area (Å²) in [5.74, 6) is -3.34. The second-order valence-corrected chi connectivity index (χ2v) is 11.2. The zero-order valence-corrected chi connectivity index (χ0v) is 25.5. The van der Waals surface area contributed by atoms with Crippen LogP contribution in [0, 0.1) is 12.8 Å². The van der Waals surface area contributed by atoms with Gasteiger partial charge in [0.25, 0.3) is 5.91 Å². The number of benzene rings is 3. The van der Waals surface area contributed by atoms with Gasteiger partial charge in [0.2, 0.25) is 5.95 Å². The van der Waals surface area contributed by atoms with Crippen LogP contribution in [-0.4, -0.2) is 48.2 Å². The molecule has 0 bridgehead atoms. The minimum atomic E-state index is -5.37. The normalized spacial score (nSPS) is 13.7. The van der Waals surface area contributed by atoms with Gasteiger partial charge in [-0.1, -0.05) is 56.4 Å². The maximum atomic E-state index is 13.5. The monoisotopic (exact) mass is 635 g/mol. The summed E-state index contributed by atoms with van der Waals surface area (Å²) in [4.78, 5) is 46.7. The summed E-state index contributed by atoms with van der Waals surface area (Å²) in [6.07, 6.45) is 2.73. The van der Waals surface area contributed by atoms with E-state index in [1.807, 2.05) is 19.1 Å². The molecule has 3 aromatic carbocycles. The molecule has 0 radical (unpaired) electrons. The van der Waals surface area contributed by atoms with Crippen molar-refractivity contribution in [1.82, 2.24) is 9.97 Å². The van der Waals surface area contributed by atoms with Crippen LogP contribution in [0.4, 0.5) is 19.1 Å². The maximum Gasteiger partial charge on any atom is 0.491 e. The summed E-state index contributed by atoms with van der Waals surface area (Å²) in [6.45, 7) is 1.90. The van der Waals surface area contributed by atoms with Gasteiger partial charge in [0.15, 0.2) is 0 Å². The van der Waals surface area contributed by atoms with E-state index in [2.05, 4.69) is 15.0 Å². The first-order chi connectivity index (χ1) is 22.0. The van der Waals surface area contributed by atoms with Crippen LogP contribution in [0.2, 0.25) is 0 Å². The van der Waals surface area contributed by atoms with Gasteiger partial charge in [-0.05, 0) is 65.4 Å². The summed E-state index contributed by atoms with van der Waals surface area (Å²) in [6, 6.07) is 12.4. The fourth-order valence-corrected chi connectivity index (χ4v) is 5.77. The van der Waals surface area contributed by atoms with E-state index in [1.54, 1.807) is 38.6 Å². The number of nitrogens with one attached hydrogen (secondary N) is 1. The number of halogens is 3. The first-order valence-corrected chi connectivity index (χ1v) is 14.7. The van der Waals surface area contributed by atoms with Crippen LogP contribution in [0.3, 0.4) is 0 Å². The highest BCUT2D eigenvalue weighted by molar-refractivity contribution is 6.13. The lowest BCUT2D eigenvalue weighted by Gasteiger charge is -2.23. The Morgan fingerprint density at radius 1 is 0.957 bits per heavy atom. The number of carbonyl (C=O) groups is 3. The zero-order chi connectivity index (χ0) is 33.0. The number of carbonyl (C=O) groups excluding carboxylic acids is 3. The van der Waals surface area contributed by atoms with Crippen molar-refractivity contribution in [2.75, 3.05) is 19.5 Å². The van der Waals surface area contributed by atoms with Crippen molar-refractivity contribution in [3.63, 3.8) is 0 Å². The molecule has 0 saturated heterocycles. The van der Waals surface area contributed by atoms with Crippen LogP contribution in [0.25, 0.3) is 22.0 Å². The van der Waals surface area contributed by atoms with E-state index in [0.717, 1.165) is 49.3 Å². The molecule has 0 aliphatic heterocycles. The summed E-state index contributed by atoms with van der Waals surface area (Å²) >= 11 is 0. The molecular formula is C34H32F3N3O6. The maximum absolute atomic E-state index is 13.5. The third kappa shape index (κ3) is 7.11. The number of esters is 2. The Kier molecular flexibility index (Phi) is 9.54. The molecular weight excluding hydrogens is 603 g/mol. The largest absolute Gasteiger partial charge is 0.496 e. The van der Waals surface area contributed by atoms with Crippen molar-refractivity contribution in [2.45, 2.75) is 51.6 Å². The van der Waals surface area contributed by atoms with Gasteiger partial charge in [0.05, 0.1) is 25.5 Å². The molecule has 1 aliphatic rings. The third-order valence-electron chi connectivity index (χ3n) is 8.06. The molecule has 5 rings (SSSR count). The molecule has 0 spiro atoms. The Morgan fingerprint density at radius 3 is 2.37 bits per heavy atom. The van der Waals surface area contributed by atoms with Gasteiger partial charge in [0, 0.05) is 17.3 Å². The number of amides is 1. The van der Waals surface area contributed by atoms with Crippen LogP contribution in [0.15, 0.2) is 54.7 Å². The molecule has 9 nitrogen and oxygen atoms in total. The molecule has 12 heteroatoms. The molecule has 1 aliphatic carbocycles. The first-order valence-electron chi connectivity index (χ1n) is 14.7. The number of nitrogens with zero attached hydrogens (tertiary/aromatic N) is 2. The lowest BCUT2D eigenvalue weighted by Crippen LogP contribution is -2.28. The number of alkyl halides is 3. The number of hydrogen-bond acceptors (Lipinski definition) is 8. The first kappa shape index (κ1) is 32.4. The molecule has 240 valence electrons. The van der Waals surface area contributed by atoms with Crippen LogP contribution < -0.4 is 14.8 Å².